The van der Waals surface area contributed by atoms with Crippen LogP contribution >= 0.6 is 11.6 Å². The molecule has 0 radical (unpaired) electrons. The molecule has 0 unspecified atom stereocenters. The van der Waals surface area contributed by atoms with Gasteiger partial charge in [-0.25, -0.2) is 9.97 Å². The molecule has 3 rings (SSSR count). The number of allylic oxidation sites excluding steroid dienone is 1. The molecule has 8 nitrogen and oxygen atoms in total. The smallest absolute Gasteiger partial charge is 0.417 e. The molecular formula is C27H31ClF3N7O. The van der Waals surface area contributed by atoms with Crippen molar-refractivity contribution < 1.29 is 17.9 Å². The topological polar surface area (TPSA) is 77.6 Å². The molecule has 0 amide bonds. The summed E-state index contributed by atoms with van der Waals surface area (Å²) >= 11 is 5.73. The summed E-state index contributed by atoms with van der Waals surface area (Å²) < 4.78 is 45.4. The minimum atomic E-state index is -4.58. The summed E-state index contributed by atoms with van der Waals surface area (Å²) in [6, 6.07) is 8.86. The van der Waals surface area contributed by atoms with E-state index in [1.807, 2.05) is 33.3 Å². The summed E-state index contributed by atoms with van der Waals surface area (Å²) in [6.07, 6.45) is -1.68. The number of halogens is 4. The highest BCUT2D eigenvalue weighted by atomic mass is 35.5. The third-order valence-electron chi connectivity index (χ3n) is 5.63. The Morgan fingerprint density at radius 2 is 1.72 bits per heavy atom. The van der Waals surface area contributed by atoms with Crippen molar-refractivity contribution in [1.82, 2.24) is 14.9 Å². The van der Waals surface area contributed by atoms with Gasteiger partial charge in [0.2, 0.25) is 0 Å². The summed E-state index contributed by atoms with van der Waals surface area (Å²) in [5.41, 5.74) is 2.09. The van der Waals surface area contributed by atoms with E-state index < -0.39 is 11.7 Å². The standard InChI is InChI=1S/C27H31ClF3N7O/c1-7-17(2)34-21-13-22(24(39-6)14-23(21)38(5)11-10-37(3)4)36-26-15-25(32-16-33-26)35-18-8-9-20(28)19(12-18)27(29,30)31/h7-9,12-16,34H,1-2,10-11H2,3-6H3,(H2,32,33,35,36). The van der Waals surface area contributed by atoms with E-state index in [-0.39, 0.29) is 16.5 Å². The average molecular weight is 562 g/mol. The number of nitrogens with zero attached hydrogens (tertiary/aromatic N) is 4. The van der Waals surface area contributed by atoms with Crippen LogP contribution < -0.4 is 25.6 Å². The lowest BCUT2D eigenvalue weighted by atomic mass is 10.2. The Hall–Kier alpha value is -3.96. The molecule has 12 heteroatoms. The molecule has 0 spiro atoms. The zero-order chi connectivity index (χ0) is 28.7. The first-order valence-electron chi connectivity index (χ1n) is 11.8. The van der Waals surface area contributed by atoms with Gasteiger partial charge >= 0.3 is 6.18 Å². The van der Waals surface area contributed by atoms with Gasteiger partial charge in [0.15, 0.2) is 0 Å². The van der Waals surface area contributed by atoms with Crippen LogP contribution in [0.1, 0.15) is 5.56 Å². The van der Waals surface area contributed by atoms with Crippen LogP contribution in [0.25, 0.3) is 0 Å². The molecule has 0 fully saturated rings. The molecular weight excluding hydrogens is 531 g/mol. The zero-order valence-electron chi connectivity index (χ0n) is 22.2. The summed E-state index contributed by atoms with van der Waals surface area (Å²) in [5, 5.41) is 8.94. The number of hydrogen-bond donors (Lipinski definition) is 3. The second-order valence-electron chi connectivity index (χ2n) is 8.88. The second-order valence-corrected chi connectivity index (χ2v) is 9.29. The molecule has 1 heterocycles. The van der Waals surface area contributed by atoms with Crippen LogP contribution in [0.5, 0.6) is 5.75 Å². The fourth-order valence-electron chi connectivity index (χ4n) is 3.55. The van der Waals surface area contributed by atoms with E-state index in [1.165, 1.54) is 18.5 Å². The molecule has 0 aliphatic carbocycles. The van der Waals surface area contributed by atoms with Gasteiger partial charge in [0.05, 0.1) is 34.8 Å². The highest BCUT2D eigenvalue weighted by molar-refractivity contribution is 6.31. The highest BCUT2D eigenvalue weighted by Crippen LogP contribution is 2.39. The van der Waals surface area contributed by atoms with Gasteiger partial charge in [0.1, 0.15) is 23.7 Å². The van der Waals surface area contributed by atoms with Crippen molar-refractivity contribution in [3.8, 4) is 5.75 Å². The third-order valence-corrected chi connectivity index (χ3v) is 5.96. The molecule has 0 atom stereocenters. The number of benzene rings is 2. The lowest BCUT2D eigenvalue weighted by Crippen LogP contribution is -2.29. The second kappa shape index (κ2) is 12.7. The first-order valence-corrected chi connectivity index (χ1v) is 12.2. The third kappa shape index (κ3) is 8.01. The SMILES string of the molecule is C=CC(=C)Nc1cc(Nc2cc(Nc3ccc(Cl)c(C(F)(F)F)c3)ncn2)c(OC)cc1N(C)CCN(C)C. The Morgan fingerprint density at radius 1 is 1.03 bits per heavy atom. The minimum absolute atomic E-state index is 0.175. The number of anilines is 6. The number of aromatic nitrogens is 2. The fraction of sp³-hybridized carbons (Fsp3) is 0.259. The van der Waals surface area contributed by atoms with Crippen LogP contribution in [0, 0.1) is 0 Å². The van der Waals surface area contributed by atoms with Crippen molar-refractivity contribution in [3.05, 3.63) is 78.2 Å². The Morgan fingerprint density at radius 3 is 2.33 bits per heavy atom. The summed E-state index contributed by atoms with van der Waals surface area (Å²) in [6.45, 7) is 9.34. The molecule has 1 aromatic heterocycles. The quantitative estimate of drug-likeness (QED) is 0.210. The van der Waals surface area contributed by atoms with E-state index in [4.69, 9.17) is 16.3 Å². The largest absolute Gasteiger partial charge is 0.494 e. The summed E-state index contributed by atoms with van der Waals surface area (Å²) in [5.74, 6) is 1.22. The maximum Gasteiger partial charge on any atom is 0.417 e. The van der Waals surface area contributed by atoms with Gasteiger partial charge in [-0.05, 0) is 44.4 Å². The Kier molecular flexibility index (Phi) is 9.66. The molecule has 3 aromatic rings. The maximum absolute atomic E-state index is 13.3. The van der Waals surface area contributed by atoms with Crippen LogP contribution in [-0.4, -0.2) is 56.2 Å². The number of nitrogens with one attached hydrogen (secondary N) is 3. The number of likely N-dealkylation sites (N-methyl/N-ethyl adjacent to an activating group) is 2. The zero-order valence-corrected chi connectivity index (χ0v) is 22.9. The lowest BCUT2D eigenvalue weighted by molar-refractivity contribution is -0.137. The van der Waals surface area contributed by atoms with Gasteiger partial charge < -0.3 is 30.5 Å². The fourth-order valence-corrected chi connectivity index (χ4v) is 3.77. The van der Waals surface area contributed by atoms with Gasteiger partial charge in [0.25, 0.3) is 0 Å². The van der Waals surface area contributed by atoms with Crippen LogP contribution in [0.3, 0.4) is 0 Å². The Bertz CT molecular complexity index is 1330. The lowest BCUT2D eigenvalue weighted by Gasteiger charge is -2.26. The molecule has 0 bridgehead atoms. The average Bonchev–Trinajstić information content (AvgIpc) is 2.88. The molecule has 0 saturated carbocycles. The molecule has 3 N–H and O–H groups in total. The van der Waals surface area contributed by atoms with E-state index in [1.54, 1.807) is 19.3 Å². The van der Waals surface area contributed by atoms with Crippen LogP contribution in [0.15, 0.2) is 67.7 Å². The maximum atomic E-state index is 13.3. The number of alkyl halides is 3. The Balaban J connectivity index is 1.92. The summed E-state index contributed by atoms with van der Waals surface area (Å²) in [7, 11) is 7.56. The van der Waals surface area contributed by atoms with E-state index in [0.29, 0.717) is 23.0 Å². The number of rotatable bonds is 12. The van der Waals surface area contributed by atoms with Crippen molar-refractivity contribution in [3.63, 3.8) is 0 Å². The van der Waals surface area contributed by atoms with E-state index in [0.717, 1.165) is 30.5 Å². The molecule has 2 aromatic carbocycles. The van der Waals surface area contributed by atoms with Crippen LogP contribution in [0.2, 0.25) is 5.02 Å². The molecule has 0 aliphatic rings. The number of methoxy groups -OCH3 is 1. The molecule has 208 valence electrons. The van der Waals surface area contributed by atoms with Gasteiger partial charge in [-0.2, -0.15) is 13.2 Å². The normalized spacial score (nSPS) is 11.2. The minimum Gasteiger partial charge on any atom is -0.494 e. The van der Waals surface area contributed by atoms with Crippen molar-refractivity contribution in [2.24, 2.45) is 0 Å². The predicted octanol–water partition coefficient (Wildman–Crippen LogP) is 6.75. The number of hydrogen-bond acceptors (Lipinski definition) is 8. The number of ether oxygens (including phenoxy) is 1. The molecule has 39 heavy (non-hydrogen) atoms. The van der Waals surface area contributed by atoms with Crippen molar-refractivity contribution >= 4 is 46.0 Å². The van der Waals surface area contributed by atoms with Gasteiger partial charge in [0, 0.05) is 43.7 Å². The van der Waals surface area contributed by atoms with E-state index >= 15 is 0 Å². The van der Waals surface area contributed by atoms with Crippen molar-refractivity contribution in [2.45, 2.75) is 6.18 Å². The van der Waals surface area contributed by atoms with Gasteiger partial charge in [-0.3, -0.25) is 0 Å². The van der Waals surface area contributed by atoms with Gasteiger partial charge in [-0.15, -0.1) is 0 Å². The van der Waals surface area contributed by atoms with Gasteiger partial charge in [-0.1, -0.05) is 24.8 Å². The first-order chi connectivity index (χ1) is 18.4. The van der Waals surface area contributed by atoms with E-state index in [9.17, 15) is 13.2 Å². The predicted molar refractivity (Wildman–Crippen MR) is 153 cm³/mol. The molecule has 0 saturated heterocycles. The summed E-state index contributed by atoms with van der Waals surface area (Å²) in [4.78, 5) is 12.6. The monoisotopic (exact) mass is 561 g/mol. The van der Waals surface area contributed by atoms with Crippen molar-refractivity contribution in [1.29, 1.82) is 0 Å². The van der Waals surface area contributed by atoms with Crippen LogP contribution in [0.4, 0.5) is 47.6 Å². The van der Waals surface area contributed by atoms with Crippen molar-refractivity contribution in [2.75, 3.05) is 62.2 Å². The molecule has 0 aliphatic heterocycles. The Labute approximate surface area is 231 Å². The highest BCUT2D eigenvalue weighted by Gasteiger charge is 2.33. The first kappa shape index (κ1) is 29.6. The van der Waals surface area contributed by atoms with E-state index in [2.05, 4.69) is 48.9 Å². The van der Waals surface area contributed by atoms with Crippen LogP contribution in [-0.2, 0) is 6.18 Å².